The Hall–Kier alpha value is -2.87. The lowest BCUT2D eigenvalue weighted by atomic mass is 10.1. The van der Waals surface area contributed by atoms with Crippen molar-refractivity contribution in [3.8, 4) is 0 Å². The number of ether oxygens (including phenoxy) is 1. The van der Waals surface area contributed by atoms with Gasteiger partial charge in [-0.2, -0.15) is 0 Å². The summed E-state index contributed by atoms with van der Waals surface area (Å²) in [5.74, 6) is -0.324. The third kappa shape index (κ3) is 3.95. The number of halogens is 1. The number of nitrogens with zero attached hydrogens (tertiary/aromatic N) is 4. The average molecular weight is 391 g/mol. The Balaban J connectivity index is 1.60. The van der Waals surface area contributed by atoms with E-state index in [1.54, 1.807) is 23.7 Å². The van der Waals surface area contributed by atoms with E-state index in [1.807, 2.05) is 12.1 Å². The van der Waals surface area contributed by atoms with Gasteiger partial charge in [-0.05, 0) is 24.1 Å². The molecule has 0 fully saturated rings. The van der Waals surface area contributed by atoms with Crippen molar-refractivity contribution in [1.82, 2.24) is 18.7 Å². The number of aromatic nitrogens is 4. The zero-order chi connectivity index (χ0) is 19.6. The summed E-state index contributed by atoms with van der Waals surface area (Å²) in [4.78, 5) is 40.3. The Morgan fingerprint density at radius 2 is 1.85 bits per heavy atom. The van der Waals surface area contributed by atoms with Crippen LogP contribution in [0.25, 0.3) is 11.2 Å². The Morgan fingerprint density at radius 1 is 1.15 bits per heavy atom. The summed E-state index contributed by atoms with van der Waals surface area (Å²) in [5.41, 5.74) is 0.737. The van der Waals surface area contributed by atoms with Crippen LogP contribution in [0, 0.1) is 0 Å². The fourth-order valence-electron chi connectivity index (χ4n) is 2.79. The highest BCUT2D eigenvalue weighted by atomic mass is 35.5. The topological polar surface area (TPSA) is 88.1 Å². The molecule has 2 aromatic heterocycles. The second-order valence-electron chi connectivity index (χ2n) is 6.16. The molecule has 3 aromatic rings. The molecule has 0 saturated carbocycles. The highest BCUT2D eigenvalue weighted by molar-refractivity contribution is 6.30. The summed E-state index contributed by atoms with van der Waals surface area (Å²) >= 11 is 5.83. The third-order valence-electron chi connectivity index (χ3n) is 4.34. The van der Waals surface area contributed by atoms with Crippen molar-refractivity contribution < 1.29 is 9.53 Å². The standard InChI is InChI=1S/C18H19ClN4O4/c1-21-16-15(17(25)22(2)18(21)26)23(11-20-16)9-10-27-14(24)8-5-12-3-6-13(19)7-4-12/h3-4,6-7,11H,5,8-10H2,1-2H3. The molecule has 0 N–H and O–H groups in total. The molecule has 0 spiro atoms. The van der Waals surface area contributed by atoms with Crippen molar-refractivity contribution in [3.63, 3.8) is 0 Å². The molecule has 0 bridgehead atoms. The van der Waals surface area contributed by atoms with Crippen molar-refractivity contribution in [2.45, 2.75) is 19.4 Å². The number of carbonyl (C=O) groups is 1. The van der Waals surface area contributed by atoms with E-state index in [2.05, 4.69) is 4.98 Å². The molecular formula is C18H19ClN4O4. The van der Waals surface area contributed by atoms with Gasteiger partial charge < -0.3 is 9.30 Å². The van der Waals surface area contributed by atoms with Crippen LogP contribution in [0.1, 0.15) is 12.0 Å². The van der Waals surface area contributed by atoms with Crippen LogP contribution in [0.4, 0.5) is 0 Å². The van der Waals surface area contributed by atoms with Crippen LogP contribution >= 0.6 is 11.6 Å². The molecule has 0 unspecified atom stereocenters. The predicted octanol–water partition coefficient (Wildman–Crippen LogP) is 1.26. The molecule has 1 aromatic carbocycles. The Kier molecular flexibility index (Phi) is 5.46. The van der Waals surface area contributed by atoms with Gasteiger partial charge in [-0.15, -0.1) is 0 Å². The van der Waals surface area contributed by atoms with Crippen LogP contribution < -0.4 is 11.2 Å². The number of hydrogen-bond donors (Lipinski definition) is 0. The van der Waals surface area contributed by atoms with E-state index in [1.165, 1.54) is 17.9 Å². The quantitative estimate of drug-likeness (QED) is 0.591. The van der Waals surface area contributed by atoms with E-state index in [-0.39, 0.29) is 25.5 Å². The van der Waals surface area contributed by atoms with Gasteiger partial charge in [0.15, 0.2) is 11.2 Å². The normalized spacial score (nSPS) is 11.1. The van der Waals surface area contributed by atoms with Crippen LogP contribution in [0.15, 0.2) is 40.2 Å². The number of carbonyl (C=O) groups excluding carboxylic acids is 1. The van der Waals surface area contributed by atoms with E-state index in [0.29, 0.717) is 22.6 Å². The maximum Gasteiger partial charge on any atom is 0.332 e. The van der Waals surface area contributed by atoms with Crippen LogP contribution in [0.3, 0.4) is 0 Å². The zero-order valence-electron chi connectivity index (χ0n) is 15.0. The molecule has 0 radical (unpaired) electrons. The predicted molar refractivity (Wildman–Crippen MR) is 101 cm³/mol. The highest BCUT2D eigenvalue weighted by Crippen LogP contribution is 2.11. The van der Waals surface area contributed by atoms with Gasteiger partial charge in [0.25, 0.3) is 5.56 Å². The van der Waals surface area contributed by atoms with Crippen molar-refractivity contribution >= 4 is 28.7 Å². The molecule has 2 heterocycles. The molecule has 0 saturated heterocycles. The second-order valence-corrected chi connectivity index (χ2v) is 6.60. The van der Waals surface area contributed by atoms with Crippen LogP contribution in [-0.2, 0) is 36.6 Å². The minimum atomic E-state index is -0.439. The molecule has 0 amide bonds. The van der Waals surface area contributed by atoms with E-state index < -0.39 is 11.2 Å². The number of aryl methyl sites for hydroxylation is 2. The summed E-state index contributed by atoms with van der Waals surface area (Å²) in [6.07, 6.45) is 2.28. The molecular weight excluding hydrogens is 372 g/mol. The molecule has 0 aliphatic rings. The third-order valence-corrected chi connectivity index (χ3v) is 4.60. The smallest absolute Gasteiger partial charge is 0.332 e. The molecule has 9 heteroatoms. The summed E-state index contributed by atoms with van der Waals surface area (Å²) in [7, 11) is 2.97. The van der Waals surface area contributed by atoms with Gasteiger partial charge in [-0.1, -0.05) is 23.7 Å². The Labute approximate surface area is 159 Å². The largest absolute Gasteiger partial charge is 0.464 e. The first-order valence-corrected chi connectivity index (χ1v) is 8.77. The first-order valence-electron chi connectivity index (χ1n) is 8.39. The summed E-state index contributed by atoms with van der Waals surface area (Å²) < 4.78 is 9.17. The Morgan fingerprint density at radius 3 is 2.56 bits per heavy atom. The fourth-order valence-corrected chi connectivity index (χ4v) is 2.92. The monoisotopic (exact) mass is 390 g/mol. The van der Waals surface area contributed by atoms with Crippen LogP contribution in [0.5, 0.6) is 0 Å². The first kappa shape index (κ1) is 18.9. The van der Waals surface area contributed by atoms with Gasteiger partial charge in [-0.25, -0.2) is 9.78 Å². The summed E-state index contributed by atoms with van der Waals surface area (Å²) in [6, 6.07) is 7.29. The van der Waals surface area contributed by atoms with Gasteiger partial charge in [0.05, 0.1) is 12.9 Å². The minimum absolute atomic E-state index is 0.108. The van der Waals surface area contributed by atoms with E-state index >= 15 is 0 Å². The van der Waals surface area contributed by atoms with E-state index in [9.17, 15) is 14.4 Å². The second kappa shape index (κ2) is 7.79. The molecule has 3 rings (SSSR count). The number of imidazole rings is 1. The van der Waals surface area contributed by atoms with Gasteiger partial charge in [0, 0.05) is 25.5 Å². The van der Waals surface area contributed by atoms with Crippen molar-refractivity contribution in [3.05, 3.63) is 62.0 Å². The summed E-state index contributed by atoms with van der Waals surface area (Å²) in [6.45, 7) is 0.382. The maximum absolute atomic E-state index is 12.3. The van der Waals surface area contributed by atoms with Gasteiger partial charge in [0.1, 0.15) is 6.61 Å². The highest BCUT2D eigenvalue weighted by Gasteiger charge is 2.14. The van der Waals surface area contributed by atoms with Crippen molar-refractivity contribution in [1.29, 1.82) is 0 Å². The molecule has 27 heavy (non-hydrogen) atoms. The molecule has 0 aliphatic heterocycles. The average Bonchev–Trinajstić information content (AvgIpc) is 3.08. The molecule has 8 nitrogen and oxygen atoms in total. The van der Waals surface area contributed by atoms with Crippen LogP contribution in [0.2, 0.25) is 5.02 Å². The lowest BCUT2D eigenvalue weighted by Gasteiger charge is -2.08. The van der Waals surface area contributed by atoms with Crippen molar-refractivity contribution in [2.24, 2.45) is 14.1 Å². The maximum atomic E-state index is 12.3. The lowest BCUT2D eigenvalue weighted by molar-refractivity contribution is -0.143. The molecule has 0 aliphatic carbocycles. The molecule has 0 atom stereocenters. The SMILES string of the molecule is Cn1c(=O)c2c(ncn2CCOC(=O)CCc2ccc(Cl)cc2)n(C)c1=O. The number of hydrogen-bond acceptors (Lipinski definition) is 5. The van der Waals surface area contributed by atoms with Gasteiger partial charge in [0.2, 0.25) is 0 Å². The summed E-state index contributed by atoms with van der Waals surface area (Å²) in [5, 5.41) is 0.650. The minimum Gasteiger partial charge on any atom is -0.464 e. The number of fused-ring (bicyclic) bond motifs is 1. The van der Waals surface area contributed by atoms with E-state index in [0.717, 1.165) is 10.1 Å². The van der Waals surface area contributed by atoms with Crippen LogP contribution in [-0.4, -0.2) is 31.3 Å². The number of benzene rings is 1. The zero-order valence-corrected chi connectivity index (χ0v) is 15.8. The number of esters is 1. The first-order chi connectivity index (χ1) is 12.9. The van der Waals surface area contributed by atoms with Crippen molar-refractivity contribution in [2.75, 3.05) is 6.61 Å². The molecule has 142 valence electrons. The number of rotatable bonds is 6. The lowest BCUT2D eigenvalue weighted by Crippen LogP contribution is -2.37. The van der Waals surface area contributed by atoms with Gasteiger partial charge in [-0.3, -0.25) is 18.7 Å². The fraction of sp³-hybridized carbons (Fsp3) is 0.333. The Bertz CT molecular complexity index is 1100. The van der Waals surface area contributed by atoms with Gasteiger partial charge >= 0.3 is 11.7 Å². The van der Waals surface area contributed by atoms with E-state index in [4.69, 9.17) is 16.3 Å².